The smallest absolute Gasteiger partial charge is 0.368 e. The zero-order chi connectivity index (χ0) is 29.6. The van der Waals surface area contributed by atoms with E-state index in [4.69, 9.17) is 14.6 Å². The molecule has 3 N–H and O–H groups in total. The van der Waals surface area contributed by atoms with Crippen molar-refractivity contribution in [3.05, 3.63) is 95.5 Å². The van der Waals surface area contributed by atoms with Crippen molar-refractivity contribution in [2.24, 2.45) is 5.92 Å². The maximum atomic E-state index is 13.8. The summed E-state index contributed by atoms with van der Waals surface area (Å²) in [6, 6.07) is 21.2. The minimum atomic E-state index is -3.41. The van der Waals surface area contributed by atoms with Crippen LogP contribution in [-0.4, -0.2) is 38.8 Å². The largest absolute Gasteiger partial charge is 0.497 e. The summed E-state index contributed by atoms with van der Waals surface area (Å²) >= 11 is 1.36. The van der Waals surface area contributed by atoms with Gasteiger partial charge in [-0.15, -0.1) is 11.8 Å². The molecule has 0 amide bonds. The lowest BCUT2D eigenvalue weighted by Crippen LogP contribution is -2.29. The molecule has 3 aromatic carbocycles. The molecule has 0 fully saturated rings. The van der Waals surface area contributed by atoms with Crippen LogP contribution in [0, 0.1) is 5.92 Å². The zero-order valence-electron chi connectivity index (χ0n) is 23.5. The van der Waals surface area contributed by atoms with Crippen molar-refractivity contribution in [2.75, 3.05) is 13.4 Å². The van der Waals surface area contributed by atoms with Gasteiger partial charge >= 0.3 is 5.97 Å². The van der Waals surface area contributed by atoms with Crippen molar-refractivity contribution in [1.29, 1.82) is 0 Å². The number of unbranched alkanes of at least 4 members (excludes halogenated alkanes) is 1. The minimum Gasteiger partial charge on any atom is -0.497 e. The number of rotatable bonds is 11. The highest BCUT2D eigenvalue weighted by molar-refractivity contribution is 8.25. The summed E-state index contributed by atoms with van der Waals surface area (Å²) in [7, 11) is -1.80. The number of aliphatic carboxylic acids is 1. The Hall–Kier alpha value is -2.98. The maximum absolute atomic E-state index is 13.8. The molecule has 6 nitrogen and oxygen atoms in total. The Bertz CT molecular complexity index is 1360. The summed E-state index contributed by atoms with van der Waals surface area (Å²) in [4.78, 5) is 12.0. The van der Waals surface area contributed by atoms with Gasteiger partial charge in [0.05, 0.1) is 22.2 Å². The van der Waals surface area contributed by atoms with E-state index < -0.39 is 27.6 Å². The van der Waals surface area contributed by atoms with Gasteiger partial charge in [0.2, 0.25) is 5.83 Å². The molecule has 3 unspecified atom stereocenters. The van der Waals surface area contributed by atoms with Crippen LogP contribution in [0.15, 0.2) is 88.6 Å². The maximum Gasteiger partial charge on any atom is 0.368 e. The van der Waals surface area contributed by atoms with Gasteiger partial charge in [0.25, 0.3) is 0 Å². The number of hydrogen-bond acceptors (Lipinski definition) is 6. The average Bonchev–Trinajstić information content (AvgIpc) is 3.07. The van der Waals surface area contributed by atoms with Crippen molar-refractivity contribution in [1.82, 2.24) is 0 Å². The highest BCUT2D eigenvalue weighted by atomic mass is 32.3. The topological polar surface area (TPSA) is 96.2 Å². The number of thioether (sulfide) groups is 1. The Kier molecular flexibility index (Phi) is 10.4. The molecule has 0 bridgehead atoms. The van der Waals surface area contributed by atoms with Gasteiger partial charge in [-0.05, 0) is 66.3 Å². The first-order valence-electron chi connectivity index (χ1n) is 13.6. The second-order valence-electron chi connectivity index (χ2n) is 10.2. The fourth-order valence-electron chi connectivity index (χ4n) is 5.57. The molecule has 0 radical (unpaired) electrons. The Labute approximate surface area is 246 Å². The molecule has 1 heterocycles. The number of halogens is 1. The number of fused-ring (bicyclic) bond motifs is 1. The van der Waals surface area contributed by atoms with Gasteiger partial charge in [0.15, 0.2) is 0 Å². The molecule has 0 aliphatic carbocycles. The van der Waals surface area contributed by atoms with Crippen LogP contribution < -0.4 is 9.47 Å². The molecule has 0 saturated heterocycles. The van der Waals surface area contributed by atoms with Crippen molar-refractivity contribution in [3.8, 4) is 11.5 Å². The van der Waals surface area contributed by atoms with Crippen LogP contribution in [-0.2, 0) is 11.2 Å². The highest BCUT2D eigenvalue weighted by Crippen LogP contribution is 2.64. The summed E-state index contributed by atoms with van der Waals surface area (Å²) in [6.45, 7) is 2.13. The predicted molar refractivity (Wildman–Crippen MR) is 163 cm³/mol. The fraction of sp³-hybridized carbons (Fsp3) is 0.344. The molecule has 9 heteroatoms. The van der Waals surface area contributed by atoms with Crippen LogP contribution in [0.2, 0.25) is 0 Å². The average molecular weight is 601 g/mol. The van der Waals surface area contributed by atoms with Crippen LogP contribution in [0.1, 0.15) is 55.2 Å². The first-order valence-corrected chi connectivity index (χ1v) is 16.5. The van der Waals surface area contributed by atoms with E-state index in [9.17, 15) is 18.3 Å². The Morgan fingerprint density at radius 1 is 1.12 bits per heavy atom. The van der Waals surface area contributed by atoms with Gasteiger partial charge in [0, 0.05) is 12.0 Å². The molecule has 0 aromatic heterocycles. The summed E-state index contributed by atoms with van der Waals surface area (Å²) in [5.41, 5.74) is 2.85. The van der Waals surface area contributed by atoms with Crippen molar-refractivity contribution in [2.45, 2.75) is 60.0 Å². The number of carboxylic acids is 1. The zero-order valence-corrected chi connectivity index (χ0v) is 25.1. The third-order valence-electron chi connectivity index (χ3n) is 7.70. The number of methoxy groups -OCH3 is 1. The quantitative estimate of drug-likeness (QED) is 0.115. The van der Waals surface area contributed by atoms with Gasteiger partial charge < -0.3 is 14.6 Å². The number of carboxylic acid groups (broad SMARTS) is 1. The van der Waals surface area contributed by atoms with Gasteiger partial charge in [-0.1, -0.05) is 62.2 Å². The minimum absolute atomic E-state index is 0.00565. The van der Waals surface area contributed by atoms with E-state index in [-0.39, 0.29) is 17.6 Å². The van der Waals surface area contributed by atoms with Gasteiger partial charge in [0.1, 0.15) is 17.8 Å². The van der Waals surface area contributed by atoms with E-state index in [1.165, 1.54) is 11.8 Å². The second kappa shape index (κ2) is 13.8. The van der Waals surface area contributed by atoms with Crippen LogP contribution >= 0.6 is 22.4 Å². The molecule has 220 valence electrons. The molecule has 3 atom stereocenters. The van der Waals surface area contributed by atoms with Gasteiger partial charge in [-0.3, -0.25) is 9.11 Å². The van der Waals surface area contributed by atoms with E-state index >= 15 is 0 Å². The molecule has 41 heavy (non-hydrogen) atoms. The number of benzene rings is 3. The summed E-state index contributed by atoms with van der Waals surface area (Å²) in [6.07, 6.45) is 6.36. The standard InChI is InChI=1S/C32H37FO6S2/c1-4-5-9-23-17-25(22-10-7-6-8-11-22)26-18-29(40-3)28(39-20-27(33)32(34)35)19-31(26)41(36,37)30(23)16-21-12-14-24(38-2)15-13-21/h6-8,10-15,18-20,23,25,30,36-37H,4-5,9,16-17H2,1-3H3,(H,34,35)/b27-20-. The summed E-state index contributed by atoms with van der Waals surface area (Å²) in [5, 5.41) is 8.48. The van der Waals surface area contributed by atoms with E-state index in [0.717, 1.165) is 48.1 Å². The Morgan fingerprint density at radius 3 is 2.44 bits per heavy atom. The number of carbonyl (C=O) groups is 1. The van der Waals surface area contributed by atoms with Gasteiger partial charge in [-0.2, -0.15) is 15.0 Å². The molecular weight excluding hydrogens is 563 g/mol. The monoisotopic (exact) mass is 600 g/mol. The van der Waals surface area contributed by atoms with E-state index in [1.54, 1.807) is 13.2 Å². The van der Waals surface area contributed by atoms with Crippen LogP contribution in [0.5, 0.6) is 11.5 Å². The van der Waals surface area contributed by atoms with E-state index in [2.05, 4.69) is 19.1 Å². The SMILES string of the molecule is CCCCC1CC(c2ccccc2)c2cc(SC)c(O/C=C(\F)C(=O)O)cc2S(O)(O)C1Cc1ccc(OC)cc1. The lowest BCUT2D eigenvalue weighted by atomic mass is 9.80. The predicted octanol–water partition coefficient (Wildman–Crippen LogP) is 8.75. The lowest BCUT2D eigenvalue weighted by Gasteiger charge is -2.43. The third kappa shape index (κ3) is 7.09. The molecule has 3 aromatic rings. The number of ether oxygens (including phenoxy) is 2. The van der Waals surface area contributed by atoms with Crippen molar-refractivity contribution in [3.63, 3.8) is 0 Å². The molecule has 0 saturated carbocycles. The molecule has 0 spiro atoms. The first kappa shape index (κ1) is 31.0. The Balaban J connectivity index is 1.90. The normalized spacial score (nSPS) is 20.9. The second-order valence-corrected chi connectivity index (χ2v) is 13.3. The van der Waals surface area contributed by atoms with Crippen molar-refractivity contribution >= 4 is 28.3 Å². The van der Waals surface area contributed by atoms with E-state index in [1.807, 2.05) is 54.8 Å². The fourth-order valence-corrected chi connectivity index (χ4v) is 8.48. The highest BCUT2D eigenvalue weighted by Gasteiger charge is 2.42. The van der Waals surface area contributed by atoms with E-state index in [0.29, 0.717) is 22.5 Å². The van der Waals surface area contributed by atoms with Gasteiger partial charge in [-0.25, -0.2) is 4.79 Å². The summed E-state index contributed by atoms with van der Waals surface area (Å²) in [5.74, 6) is -2.38. The first-order chi connectivity index (χ1) is 19.7. The van der Waals surface area contributed by atoms with Crippen LogP contribution in [0.4, 0.5) is 4.39 Å². The van der Waals surface area contributed by atoms with Crippen LogP contribution in [0.3, 0.4) is 0 Å². The lowest BCUT2D eigenvalue weighted by molar-refractivity contribution is -0.134. The number of hydrogen-bond donors (Lipinski definition) is 3. The third-order valence-corrected chi connectivity index (χ3v) is 10.9. The summed E-state index contributed by atoms with van der Waals surface area (Å²) < 4.78 is 49.0. The Morgan fingerprint density at radius 2 is 1.83 bits per heavy atom. The van der Waals surface area contributed by atoms with Crippen LogP contribution in [0.25, 0.3) is 0 Å². The molecule has 4 rings (SSSR count). The van der Waals surface area contributed by atoms with Crippen molar-refractivity contribution < 1.29 is 32.9 Å². The molecule has 1 aliphatic heterocycles. The molecular formula is C32H37FO6S2. The molecule has 1 aliphatic rings.